The molecule has 0 unspecified atom stereocenters. The molecule has 3 amide bonds. The van der Waals surface area contributed by atoms with E-state index in [4.69, 9.17) is 23.7 Å². The number of amides is 3. The van der Waals surface area contributed by atoms with Crippen molar-refractivity contribution in [2.75, 3.05) is 67.3 Å². The summed E-state index contributed by atoms with van der Waals surface area (Å²) in [5.41, 5.74) is 5.55. The number of anilines is 3. The number of hydrogen-bond acceptors (Lipinski definition) is 14. The molecule has 4 aliphatic carbocycles. The third kappa shape index (κ3) is 28.2. The molecule has 4 saturated carbocycles. The second kappa shape index (κ2) is 48.8. The van der Waals surface area contributed by atoms with Gasteiger partial charge in [-0.25, -0.2) is 39.5 Å². The molecule has 0 aromatic heterocycles. The van der Waals surface area contributed by atoms with E-state index >= 15 is 0 Å². The molecule has 9 aromatic carbocycles. The number of rotatable bonds is 12. The molecular weight excluding hydrogens is 2290 g/mol. The van der Waals surface area contributed by atoms with Crippen molar-refractivity contribution in [1.29, 1.82) is 0 Å². The van der Waals surface area contributed by atoms with Gasteiger partial charge in [-0.05, 0) is 320 Å². The molecule has 0 radical (unpaired) electrons. The summed E-state index contributed by atoms with van der Waals surface area (Å²) in [5, 5.41) is 12.4. The Bertz CT molecular complexity index is 5510. The fourth-order valence-corrected chi connectivity index (χ4v) is 17.5. The van der Waals surface area contributed by atoms with Crippen LogP contribution in [0.25, 0.3) is 0 Å². The van der Waals surface area contributed by atoms with Gasteiger partial charge in [-0.2, -0.15) is 13.8 Å². The molecule has 0 saturated heterocycles. The number of carbonyl (C=O) groups is 7. The molecule has 4 fully saturated rings. The third-order valence-electron chi connectivity index (χ3n) is 19.6. The van der Waals surface area contributed by atoms with E-state index in [1.165, 1.54) is 102 Å². The molecule has 126 heavy (non-hydrogen) atoms. The monoisotopic (exact) mass is 2350 g/mol. The first kappa shape index (κ1) is 105. The van der Waals surface area contributed by atoms with Crippen molar-refractivity contribution in [1.82, 2.24) is 5.32 Å². The fraction of sp³-hybridized carbons (Fsp3) is 0.303. The van der Waals surface area contributed by atoms with Crippen LogP contribution in [-0.2, 0) is 34.1 Å². The number of fused-ring (bicyclic) bond motifs is 4. The Morgan fingerprint density at radius 2 is 0.778 bits per heavy atom. The Morgan fingerprint density at radius 1 is 0.476 bits per heavy atom. The number of aliphatic hydroxyl groups excluding tert-OH is 1. The van der Waals surface area contributed by atoms with Crippen molar-refractivity contribution >= 4 is 227 Å². The van der Waals surface area contributed by atoms with Crippen molar-refractivity contribution in [2.24, 2.45) is 0 Å². The average Bonchev–Trinajstić information content (AvgIpc) is 1.59. The normalized spacial score (nSPS) is 15.1. The number of halogens is 19. The van der Waals surface area contributed by atoms with Crippen LogP contribution in [-0.4, -0.2) is 122 Å². The molecule has 666 valence electrons. The molecule has 0 atom stereocenters. The van der Waals surface area contributed by atoms with Gasteiger partial charge in [-0.15, -0.1) is 0 Å². The molecule has 4 heterocycles. The van der Waals surface area contributed by atoms with Crippen LogP contribution >= 0.6 is 146 Å². The van der Waals surface area contributed by atoms with Gasteiger partial charge in [0.25, 0.3) is 17.7 Å². The van der Waals surface area contributed by atoms with E-state index in [2.05, 4.69) is 151 Å². The number of esters is 1. The predicted octanol–water partition coefficient (Wildman–Crippen LogP) is 21.2. The SMILES string of the molecule is CC(=O)Cl.CC(=O)OCc1c(Br)cc(F)cc1N1CCOc2cc(C3CC3)cc(F)c2C1=O.C[CH-]C.Fc1cc(Br)c(I)c(Br)c1.Fc1cc(C2CC2)cc2c1CNCCO2.O=C1c2c(F)cc(C3CC3)cc2OCCN1c1cc(F)cc(Br)c1CO.O=Cc1c(Br)cc(F)cc1Br.O=Cc1c(Br)cc(F)cc1N1CCOc2cc(C3CC3)cc(F)c2C1=O.[Cl-].[Mg+2]. The Labute approximate surface area is 821 Å². The topological polar surface area (TPSA) is 208 Å². The first-order valence-corrected chi connectivity index (χ1v) is 45.5. The zero-order valence-corrected chi connectivity index (χ0v) is 83.6. The minimum atomic E-state index is -0.663. The van der Waals surface area contributed by atoms with Crippen molar-refractivity contribution < 1.29 is 114 Å². The van der Waals surface area contributed by atoms with Gasteiger partial charge in [-0.1, -0.05) is 31.9 Å². The van der Waals surface area contributed by atoms with E-state index in [1.807, 2.05) is 26.3 Å². The van der Waals surface area contributed by atoms with Gasteiger partial charge >= 0.3 is 29.0 Å². The van der Waals surface area contributed by atoms with Crippen molar-refractivity contribution in [3.05, 3.63) is 270 Å². The molecule has 17 rings (SSSR count). The van der Waals surface area contributed by atoms with Crippen molar-refractivity contribution in [2.45, 2.75) is 122 Å². The Kier molecular flexibility index (Phi) is 40.7. The van der Waals surface area contributed by atoms with Crippen molar-refractivity contribution in [3.8, 4) is 23.0 Å². The number of carbonyl (C=O) groups excluding carboxylic acids is 7. The van der Waals surface area contributed by atoms with E-state index < -0.39 is 65.2 Å². The molecule has 0 spiro atoms. The Balaban J connectivity index is 0.000000190. The fourth-order valence-electron chi connectivity index (χ4n) is 13.1. The summed E-state index contributed by atoms with van der Waals surface area (Å²) in [5.74, 6) is -3.96. The summed E-state index contributed by atoms with van der Waals surface area (Å²) < 4.78 is 157. The Morgan fingerprint density at radius 3 is 1.13 bits per heavy atom. The van der Waals surface area contributed by atoms with E-state index in [9.17, 15) is 78.2 Å². The first-order valence-electron chi connectivity index (χ1n) is 38.5. The number of aldehydes is 2. The van der Waals surface area contributed by atoms with Crippen LogP contribution in [0.4, 0.5) is 56.6 Å². The predicted molar refractivity (Wildman–Crippen MR) is 491 cm³/mol. The van der Waals surface area contributed by atoms with Crippen LogP contribution in [0.2, 0.25) is 0 Å². The van der Waals surface area contributed by atoms with Gasteiger partial charge in [0.15, 0.2) is 12.6 Å². The minimum absolute atomic E-state index is 0. The van der Waals surface area contributed by atoms with Crippen LogP contribution < -0.4 is 51.4 Å². The maximum atomic E-state index is 14.9. The molecule has 8 aliphatic rings. The maximum Gasteiger partial charge on any atom is 2.00 e. The molecule has 17 nitrogen and oxygen atoms in total. The van der Waals surface area contributed by atoms with Gasteiger partial charge in [0.2, 0.25) is 5.24 Å². The summed E-state index contributed by atoms with van der Waals surface area (Å²) in [6, 6.07) is 25.3. The number of hydrogen-bond donors (Lipinski definition) is 2. The van der Waals surface area contributed by atoms with Gasteiger partial charge in [0.05, 0.1) is 48.9 Å². The molecule has 0 bridgehead atoms. The summed E-state index contributed by atoms with van der Waals surface area (Å²) in [6.07, 6.45) is 11.6. The van der Waals surface area contributed by atoms with Gasteiger partial charge in [-0.3, -0.25) is 33.6 Å². The van der Waals surface area contributed by atoms with Crippen LogP contribution in [0, 0.1) is 62.3 Å². The molecule has 2 N–H and O–H groups in total. The largest absolute Gasteiger partial charge is 2.00 e. The van der Waals surface area contributed by atoms with E-state index in [1.54, 1.807) is 24.3 Å². The molecular formula is C89H77Br7Cl2F9IMgN4O13. The van der Waals surface area contributed by atoms with E-state index in [-0.39, 0.29) is 165 Å². The minimum Gasteiger partial charge on any atom is -1.00 e. The second-order valence-corrected chi connectivity index (χ2v) is 36.5. The number of benzene rings is 9. The van der Waals surface area contributed by atoms with Crippen LogP contribution in [0.5, 0.6) is 23.0 Å². The molecule has 4 aliphatic heterocycles. The van der Waals surface area contributed by atoms with Crippen molar-refractivity contribution in [3.63, 3.8) is 0 Å². The third-order valence-corrected chi connectivity index (χ3v) is 26.8. The first-order chi connectivity index (χ1) is 59.1. The zero-order chi connectivity index (χ0) is 90.2. The summed E-state index contributed by atoms with van der Waals surface area (Å²) >= 11 is 28.9. The number of nitrogens with zero attached hydrogens (tertiary/aromatic N) is 3. The zero-order valence-electron chi connectivity index (χ0n) is 67.4. The maximum absolute atomic E-state index is 14.9. The molecule has 9 aromatic rings. The van der Waals surface area contributed by atoms with Crippen LogP contribution in [0.3, 0.4) is 0 Å². The number of aliphatic hydroxyl groups is 1. The second-order valence-electron chi connectivity index (χ2n) is 28.9. The number of ether oxygens (including phenoxy) is 5. The van der Waals surface area contributed by atoms with Gasteiger partial charge in [0.1, 0.15) is 125 Å². The average molecular weight is 2360 g/mol. The quantitative estimate of drug-likeness (QED) is 0.0134. The summed E-state index contributed by atoms with van der Waals surface area (Å²) in [7, 11) is 0. The standard InChI is InChI=1S/C21H18BrF2NO4.C19H16BrF2NO3.C19H14BrF2NO3.C12H14FNO.C7H3Br2FO.C6H2Br2FI.C3H7.C2H3ClO.ClH.Mg/c1-11(26)29-10-15-16(22)8-14(23)9-18(15)25-4-5-28-19-7-13(12-2-3-12)6-17(24)20(19)21(25)27;2*20-14-7-12(21)8-16(13(14)9-24)23-3-4-26-17-6-11(10-1-2-10)5-15(22)18(17)19(23)25;13-11-5-9(8-1-2-8)6-12-10(11)7-14-3-4-15-12;8-6-1-4(10)2-7(9)5(6)3-11;7-4-1-3(9)2-5(8)6(4)10;1-3-2;1-2(3)4;;/h6-9,12H,2-5,10H2,1H3;5-8,10,24H,1-4,9H2;5-10H,1-4H2;5-6,8,14H,1-4,7H2;1-3H;1-2H;3H,1-2H3;1H3;1H;/q;;;;;;-1;;;+2/p-1. The summed E-state index contributed by atoms with van der Waals surface area (Å²) in [6.45, 7) is 8.64. The van der Waals surface area contributed by atoms with Crippen LogP contribution in [0.15, 0.2) is 141 Å². The van der Waals surface area contributed by atoms with Gasteiger partial charge in [0, 0.05) is 84.1 Å². The number of nitrogens with one attached hydrogen (secondary N) is 1. The smallest absolute Gasteiger partial charge is 1.00 e. The van der Waals surface area contributed by atoms with E-state index in [0.717, 1.165) is 104 Å². The molecule has 37 heteroatoms. The summed E-state index contributed by atoms with van der Waals surface area (Å²) in [4.78, 5) is 85.2. The van der Waals surface area contributed by atoms with Gasteiger partial charge < -0.3 is 67.6 Å². The van der Waals surface area contributed by atoms with E-state index in [0.29, 0.717) is 89.5 Å². The Hall–Kier alpha value is -6.20. The van der Waals surface area contributed by atoms with Crippen LogP contribution in [0.1, 0.15) is 193 Å².